The molecule has 1 aromatic carbocycles. The number of H-pyrrole nitrogens is 1. The number of primary amides is 1. The van der Waals surface area contributed by atoms with Crippen LogP contribution >= 0.6 is 11.8 Å². The number of hydrogen-bond donors (Lipinski definition) is 3. The van der Waals surface area contributed by atoms with E-state index in [0.29, 0.717) is 27.0 Å². The van der Waals surface area contributed by atoms with Gasteiger partial charge in [-0.15, -0.1) is 0 Å². The fraction of sp³-hybridized carbons (Fsp3) is 0.0833. The van der Waals surface area contributed by atoms with E-state index >= 15 is 0 Å². The molecule has 98 valence electrons. The molecular weight excluding hydrogens is 264 g/mol. The molecule has 0 fully saturated rings. The number of benzene rings is 1. The van der Waals surface area contributed by atoms with Crippen LogP contribution in [0.1, 0.15) is 16.1 Å². The van der Waals surface area contributed by atoms with E-state index in [1.807, 2.05) is 0 Å². The second-order valence-corrected chi connectivity index (χ2v) is 4.94. The molecule has 0 aliphatic heterocycles. The second kappa shape index (κ2) is 5.15. The molecule has 1 aromatic heterocycles. The van der Waals surface area contributed by atoms with Crippen LogP contribution in [0.25, 0.3) is 0 Å². The highest BCUT2D eigenvalue weighted by molar-refractivity contribution is 7.99. The Balaban J connectivity index is 2.43. The highest BCUT2D eigenvalue weighted by Gasteiger charge is 2.11. The highest BCUT2D eigenvalue weighted by Crippen LogP contribution is 2.28. The molecular formula is C12H12N4O2S. The summed E-state index contributed by atoms with van der Waals surface area (Å²) in [4.78, 5) is 30.1. The molecule has 6 nitrogen and oxygen atoms in total. The first-order valence-corrected chi connectivity index (χ1v) is 6.22. The minimum Gasteiger partial charge on any atom is -0.399 e. The van der Waals surface area contributed by atoms with Crippen molar-refractivity contribution in [3.63, 3.8) is 0 Å². The van der Waals surface area contributed by atoms with E-state index in [0.717, 1.165) is 11.8 Å². The Morgan fingerprint density at radius 3 is 2.74 bits per heavy atom. The van der Waals surface area contributed by atoms with Gasteiger partial charge in [0.1, 0.15) is 0 Å². The minimum absolute atomic E-state index is 0.244. The molecule has 1 amide bonds. The van der Waals surface area contributed by atoms with E-state index in [1.165, 1.54) is 12.1 Å². The maximum absolute atomic E-state index is 11.4. The van der Waals surface area contributed by atoms with Crippen molar-refractivity contribution >= 4 is 23.4 Å². The Morgan fingerprint density at radius 2 is 2.11 bits per heavy atom. The summed E-state index contributed by atoms with van der Waals surface area (Å²) >= 11 is 1.16. The molecule has 2 aromatic rings. The summed E-state index contributed by atoms with van der Waals surface area (Å²) in [7, 11) is 0. The summed E-state index contributed by atoms with van der Waals surface area (Å²) in [5.74, 6) is -0.579. The van der Waals surface area contributed by atoms with Crippen LogP contribution in [0.3, 0.4) is 0 Å². The predicted molar refractivity (Wildman–Crippen MR) is 73.1 cm³/mol. The smallest absolute Gasteiger partial charge is 0.251 e. The number of amides is 1. The molecule has 0 unspecified atom stereocenters. The van der Waals surface area contributed by atoms with Crippen molar-refractivity contribution in [1.82, 2.24) is 9.97 Å². The third kappa shape index (κ3) is 3.14. The van der Waals surface area contributed by atoms with E-state index in [4.69, 9.17) is 11.5 Å². The van der Waals surface area contributed by atoms with Crippen LogP contribution in [-0.4, -0.2) is 15.9 Å². The van der Waals surface area contributed by atoms with Gasteiger partial charge in [-0.3, -0.25) is 9.59 Å². The third-order valence-corrected chi connectivity index (χ3v) is 3.29. The van der Waals surface area contributed by atoms with Crippen molar-refractivity contribution in [3.05, 3.63) is 45.9 Å². The number of carbonyl (C=O) groups excluding carboxylic acids is 1. The van der Waals surface area contributed by atoms with Crippen LogP contribution in [0.5, 0.6) is 0 Å². The number of rotatable bonds is 3. The monoisotopic (exact) mass is 276 g/mol. The van der Waals surface area contributed by atoms with Crippen molar-refractivity contribution in [2.24, 2.45) is 5.73 Å². The predicted octanol–water partition coefficient (Wildman–Crippen LogP) is 0.911. The zero-order valence-corrected chi connectivity index (χ0v) is 11.0. The van der Waals surface area contributed by atoms with Crippen molar-refractivity contribution in [2.45, 2.75) is 17.0 Å². The first-order chi connectivity index (χ1) is 8.95. The number of nitrogens with zero attached hydrogens (tertiary/aromatic N) is 1. The molecule has 19 heavy (non-hydrogen) atoms. The van der Waals surface area contributed by atoms with Crippen LogP contribution in [-0.2, 0) is 0 Å². The van der Waals surface area contributed by atoms with Crippen LogP contribution < -0.4 is 17.0 Å². The standard InChI is InChI=1S/C12H12N4O2S/c1-6-4-10(17)16-12(15-6)19-9-3-2-7(13)5-8(9)11(14)18/h2-5H,13H2,1H3,(H2,14,18)(H,15,16,17). The molecule has 2 rings (SSSR count). The van der Waals surface area contributed by atoms with Gasteiger partial charge in [0.05, 0.1) is 5.56 Å². The number of carbonyl (C=O) groups is 1. The molecule has 0 aliphatic rings. The summed E-state index contributed by atoms with van der Waals surface area (Å²) in [6.45, 7) is 1.72. The summed E-state index contributed by atoms with van der Waals surface area (Å²) in [5.41, 5.74) is 12.0. The lowest BCUT2D eigenvalue weighted by Crippen LogP contribution is -2.13. The van der Waals surface area contributed by atoms with Crippen molar-refractivity contribution in [2.75, 3.05) is 5.73 Å². The van der Waals surface area contributed by atoms with Gasteiger partial charge in [0.15, 0.2) is 5.16 Å². The quantitative estimate of drug-likeness (QED) is 0.569. The van der Waals surface area contributed by atoms with Crippen molar-refractivity contribution < 1.29 is 4.79 Å². The molecule has 0 atom stereocenters. The molecule has 0 saturated carbocycles. The third-order valence-electron chi connectivity index (χ3n) is 2.32. The molecule has 0 bridgehead atoms. The van der Waals surface area contributed by atoms with Gasteiger partial charge < -0.3 is 16.5 Å². The van der Waals surface area contributed by atoms with E-state index in [1.54, 1.807) is 19.1 Å². The number of nitrogens with one attached hydrogen (secondary N) is 1. The van der Waals surface area contributed by atoms with Gasteiger partial charge in [0.2, 0.25) is 5.91 Å². The first kappa shape index (κ1) is 13.2. The lowest BCUT2D eigenvalue weighted by Gasteiger charge is -2.07. The van der Waals surface area contributed by atoms with Crippen LogP contribution in [0, 0.1) is 6.92 Å². The maximum atomic E-state index is 11.4. The lowest BCUT2D eigenvalue weighted by atomic mass is 10.2. The van der Waals surface area contributed by atoms with Gasteiger partial charge in [-0.05, 0) is 25.1 Å². The molecule has 0 spiro atoms. The Kier molecular flexibility index (Phi) is 3.57. The normalized spacial score (nSPS) is 10.4. The number of aromatic amines is 1. The molecule has 0 radical (unpaired) electrons. The van der Waals surface area contributed by atoms with Crippen molar-refractivity contribution in [3.8, 4) is 0 Å². The average molecular weight is 276 g/mol. The zero-order valence-electron chi connectivity index (χ0n) is 10.1. The molecule has 0 saturated heterocycles. The Bertz CT molecular complexity index is 696. The largest absolute Gasteiger partial charge is 0.399 e. The zero-order chi connectivity index (χ0) is 14.0. The minimum atomic E-state index is -0.579. The number of anilines is 1. The van der Waals surface area contributed by atoms with E-state index < -0.39 is 5.91 Å². The number of aromatic nitrogens is 2. The van der Waals surface area contributed by atoms with Gasteiger partial charge >= 0.3 is 0 Å². The summed E-state index contributed by atoms with van der Waals surface area (Å²) in [5, 5.41) is 0.400. The number of nitrogen functional groups attached to an aromatic ring is 1. The van der Waals surface area contributed by atoms with E-state index in [-0.39, 0.29) is 5.56 Å². The SMILES string of the molecule is Cc1cc(=O)[nH]c(Sc2ccc(N)cc2C(N)=O)n1. The molecule has 0 aliphatic carbocycles. The fourth-order valence-electron chi connectivity index (χ4n) is 1.53. The first-order valence-electron chi connectivity index (χ1n) is 5.41. The van der Waals surface area contributed by atoms with Gasteiger partial charge in [-0.25, -0.2) is 4.98 Å². The van der Waals surface area contributed by atoms with Gasteiger partial charge in [-0.1, -0.05) is 11.8 Å². The Morgan fingerprint density at radius 1 is 1.37 bits per heavy atom. The summed E-state index contributed by atoms with van der Waals surface area (Å²) in [6, 6.07) is 6.21. The van der Waals surface area contributed by atoms with E-state index in [2.05, 4.69) is 9.97 Å². The lowest BCUT2D eigenvalue weighted by molar-refractivity contribution is 0.0997. The number of nitrogens with two attached hydrogens (primary N) is 2. The second-order valence-electron chi connectivity index (χ2n) is 3.91. The van der Waals surface area contributed by atoms with Crippen LogP contribution in [0.4, 0.5) is 5.69 Å². The van der Waals surface area contributed by atoms with Crippen LogP contribution in [0.2, 0.25) is 0 Å². The Hall–Kier alpha value is -2.28. The average Bonchev–Trinajstić information content (AvgIpc) is 2.30. The number of aryl methyl sites for hydroxylation is 1. The molecule has 7 heteroatoms. The molecule has 5 N–H and O–H groups in total. The summed E-state index contributed by atoms with van der Waals surface area (Å²) < 4.78 is 0. The maximum Gasteiger partial charge on any atom is 0.251 e. The van der Waals surface area contributed by atoms with Crippen LogP contribution in [0.15, 0.2) is 39.1 Å². The summed E-state index contributed by atoms with van der Waals surface area (Å²) in [6.07, 6.45) is 0. The highest BCUT2D eigenvalue weighted by atomic mass is 32.2. The van der Waals surface area contributed by atoms with Crippen molar-refractivity contribution in [1.29, 1.82) is 0 Å². The number of hydrogen-bond acceptors (Lipinski definition) is 5. The van der Waals surface area contributed by atoms with E-state index in [9.17, 15) is 9.59 Å². The fourth-order valence-corrected chi connectivity index (χ4v) is 2.49. The topological polar surface area (TPSA) is 115 Å². The van der Waals surface area contributed by atoms with Gasteiger partial charge in [-0.2, -0.15) is 0 Å². The van der Waals surface area contributed by atoms with Gasteiger partial charge in [0.25, 0.3) is 5.56 Å². The van der Waals surface area contributed by atoms with Gasteiger partial charge in [0, 0.05) is 22.3 Å². The molecule has 1 heterocycles. The Labute approximate surface area is 113 Å².